The van der Waals surface area contributed by atoms with Crippen LogP contribution in [0.3, 0.4) is 0 Å². The van der Waals surface area contributed by atoms with Crippen LogP contribution in [-0.4, -0.2) is 13.7 Å². The van der Waals surface area contributed by atoms with Crippen LogP contribution in [0.4, 0.5) is 0 Å². The molecular formula is C17H20ClNO. The van der Waals surface area contributed by atoms with E-state index in [4.69, 9.17) is 22.1 Å². The number of rotatable bonds is 5. The highest BCUT2D eigenvalue weighted by Crippen LogP contribution is 2.31. The standard InChI is InChI=1S/C17H20ClNO/c1-17(12-19,11-13-5-3-4-6-16(13)18)14-7-9-15(20-2)10-8-14/h3-10H,11-12,19H2,1-2H3. The maximum Gasteiger partial charge on any atom is 0.118 e. The summed E-state index contributed by atoms with van der Waals surface area (Å²) in [6, 6.07) is 16.0. The molecule has 0 aliphatic heterocycles. The van der Waals surface area contributed by atoms with Crippen molar-refractivity contribution in [3.8, 4) is 5.75 Å². The van der Waals surface area contributed by atoms with Crippen molar-refractivity contribution in [2.45, 2.75) is 18.8 Å². The van der Waals surface area contributed by atoms with E-state index in [0.29, 0.717) is 6.54 Å². The minimum Gasteiger partial charge on any atom is -0.497 e. The molecule has 1 atom stereocenters. The van der Waals surface area contributed by atoms with Gasteiger partial charge in [-0.3, -0.25) is 0 Å². The molecule has 2 aromatic rings. The van der Waals surface area contributed by atoms with Crippen LogP contribution in [0, 0.1) is 0 Å². The highest BCUT2D eigenvalue weighted by Gasteiger charge is 2.26. The predicted octanol–water partition coefficient (Wildman–Crippen LogP) is 3.81. The lowest BCUT2D eigenvalue weighted by Gasteiger charge is -2.29. The van der Waals surface area contributed by atoms with Gasteiger partial charge >= 0.3 is 0 Å². The molecule has 2 nitrogen and oxygen atoms in total. The van der Waals surface area contributed by atoms with Crippen molar-refractivity contribution in [3.05, 3.63) is 64.7 Å². The van der Waals surface area contributed by atoms with Gasteiger partial charge in [0, 0.05) is 17.0 Å². The van der Waals surface area contributed by atoms with Crippen LogP contribution in [0.25, 0.3) is 0 Å². The van der Waals surface area contributed by atoms with Gasteiger partial charge in [0.2, 0.25) is 0 Å². The molecule has 0 radical (unpaired) electrons. The third-order valence-corrected chi connectivity index (χ3v) is 4.14. The Bertz CT molecular complexity index is 567. The van der Waals surface area contributed by atoms with Crippen LogP contribution in [0.15, 0.2) is 48.5 Å². The number of ether oxygens (including phenoxy) is 1. The third-order valence-electron chi connectivity index (χ3n) is 3.78. The van der Waals surface area contributed by atoms with Gasteiger partial charge in [0.15, 0.2) is 0 Å². The normalized spacial score (nSPS) is 13.8. The van der Waals surface area contributed by atoms with E-state index >= 15 is 0 Å². The van der Waals surface area contributed by atoms with E-state index in [2.05, 4.69) is 25.1 Å². The molecule has 0 heterocycles. The first-order chi connectivity index (χ1) is 9.59. The Labute approximate surface area is 125 Å². The molecule has 0 saturated heterocycles. The second-order valence-corrected chi connectivity index (χ2v) is 5.67. The van der Waals surface area contributed by atoms with Gasteiger partial charge in [-0.25, -0.2) is 0 Å². The number of hydrogen-bond acceptors (Lipinski definition) is 2. The Hall–Kier alpha value is -1.51. The summed E-state index contributed by atoms with van der Waals surface area (Å²) in [7, 11) is 1.67. The van der Waals surface area contributed by atoms with E-state index in [1.807, 2.05) is 30.3 Å². The second kappa shape index (κ2) is 6.29. The van der Waals surface area contributed by atoms with Crippen LogP contribution in [0.1, 0.15) is 18.1 Å². The molecule has 2 rings (SSSR count). The number of hydrogen-bond donors (Lipinski definition) is 1. The zero-order chi connectivity index (χ0) is 14.6. The summed E-state index contributed by atoms with van der Waals surface area (Å²) < 4.78 is 5.20. The van der Waals surface area contributed by atoms with Gasteiger partial charge in [-0.05, 0) is 35.7 Å². The Morgan fingerprint density at radius 2 is 1.75 bits per heavy atom. The highest BCUT2D eigenvalue weighted by molar-refractivity contribution is 6.31. The van der Waals surface area contributed by atoms with Gasteiger partial charge < -0.3 is 10.5 Å². The molecule has 0 aromatic heterocycles. The summed E-state index contributed by atoms with van der Waals surface area (Å²) in [5, 5.41) is 0.792. The molecule has 2 aromatic carbocycles. The van der Waals surface area contributed by atoms with Gasteiger partial charge in [0.1, 0.15) is 5.75 Å². The minimum atomic E-state index is -0.142. The topological polar surface area (TPSA) is 35.2 Å². The molecule has 20 heavy (non-hydrogen) atoms. The molecule has 2 N–H and O–H groups in total. The summed E-state index contributed by atoms with van der Waals surface area (Å²) in [6.07, 6.45) is 0.815. The van der Waals surface area contributed by atoms with Crippen LogP contribution in [0.5, 0.6) is 5.75 Å². The number of methoxy groups -OCH3 is 1. The maximum absolute atomic E-state index is 6.26. The van der Waals surface area contributed by atoms with Crippen molar-refractivity contribution in [1.82, 2.24) is 0 Å². The van der Waals surface area contributed by atoms with E-state index < -0.39 is 0 Å². The number of benzene rings is 2. The van der Waals surface area contributed by atoms with Crippen LogP contribution < -0.4 is 10.5 Å². The number of nitrogens with two attached hydrogens (primary N) is 1. The van der Waals surface area contributed by atoms with Crippen molar-refractivity contribution in [2.75, 3.05) is 13.7 Å². The number of halogens is 1. The Balaban J connectivity index is 2.30. The van der Waals surface area contributed by atoms with E-state index in [1.165, 1.54) is 5.56 Å². The Kier molecular flexibility index (Phi) is 4.69. The SMILES string of the molecule is COc1ccc(C(C)(CN)Cc2ccccc2Cl)cc1. The molecular weight excluding hydrogens is 270 g/mol. The first-order valence-electron chi connectivity index (χ1n) is 6.67. The van der Waals surface area contributed by atoms with Gasteiger partial charge in [0.05, 0.1) is 7.11 Å². The summed E-state index contributed by atoms with van der Waals surface area (Å²) in [4.78, 5) is 0. The average Bonchev–Trinajstić information content (AvgIpc) is 2.49. The van der Waals surface area contributed by atoms with E-state index in [1.54, 1.807) is 7.11 Å². The van der Waals surface area contributed by atoms with Crippen molar-refractivity contribution in [1.29, 1.82) is 0 Å². The second-order valence-electron chi connectivity index (χ2n) is 5.26. The van der Waals surface area contributed by atoms with Gasteiger partial charge in [-0.15, -0.1) is 0 Å². The zero-order valence-corrected chi connectivity index (χ0v) is 12.7. The van der Waals surface area contributed by atoms with E-state index in [-0.39, 0.29) is 5.41 Å². The average molecular weight is 290 g/mol. The van der Waals surface area contributed by atoms with Gasteiger partial charge in [-0.2, -0.15) is 0 Å². The van der Waals surface area contributed by atoms with Crippen molar-refractivity contribution < 1.29 is 4.74 Å². The van der Waals surface area contributed by atoms with Gasteiger partial charge in [0.25, 0.3) is 0 Å². The Morgan fingerprint density at radius 1 is 1.10 bits per heavy atom. The van der Waals surface area contributed by atoms with Gasteiger partial charge in [-0.1, -0.05) is 48.9 Å². The van der Waals surface area contributed by atoms with Crippen molar-refractivity contribution in [2.24, 2.45) is 5.73 Å². The lowest BCUT2D eigenvalue weighted by molar-refractivity contribution is 0.413. The van der Waals surface area contributed by atoms with E-state index in [9.17, 15) is 0 Å². The van der Waals surface area contributed by atoms with Crippen LogP contribution >= 0.6 is 11.6 Å². The largest absolute Gasteiger partial charge is 0.497 e. The molecule has 0 bridgehead atoms. The molecule has 0 fully saturated rings. The molecule has 0 aliphatic carbocycles. The predicted molar refractivity (Wildman–Crippen MR) is 84.6 cm³/mol. The molecule has 0 saturated carbocycles. The third kappa shape index (κ3) is 3.14. The zero-order valence-electron chi connectivity index (χ0n) is 11.9. The summed E-state index contributed by atoms with van der Waals surface area (Å²) >= 11 is 6.26. The summed E-state index contributed by atoms with van der Waals surface area (Å²) in [5.74, 6) is 0.853. The monoisotopic (exact) mass is 289 g/mol. The molecule has 106 valence electrons. The minimum absolute atomic E-state index is 0.142. The first-order valence-corrected chi connectivity index (χ1v) is 7.05. The van der Waals surface area contributed by atoms with Crippen LogP contribution in [-0.2, 0) is 11.8 Å². The summed E-state index contributed by atoms with van der Waals surface area (Å²) in [6.45, 7) is 2.72. The lowest BCUT2D eigenvalue weighted by atomic mass is 9.77. The van der Waals surface area contributed by atoms with E-state index in [0.717, 1.165) is 22.8 Å². The summed E-state index contributed by atoms with van der Waals surface area (Å²) in [5.41, 5.74) is 8.21. The fraction of sp³-hybridized carbons (Fsp3) is 0.294. The Morgan fingerprint density at radius 3 is 2.30 bits per heavy atom. The fourth-order valence-corrected chi connectivity index (χ4v) is 2.55. The van der Waals surface area contributed by atoms with Crippen LogP contribution in [0.2, 0.25) is 5.02 Å². The molecule has 0 spiro atoms. The molecule has 0 amide bonds. The highest BCUT2D eigenvalue weighted by atomic mass is 35.5. The quantitative estimate of drug-likeness (QED) is 0.908. The smallest absolute Gasteiger partial charge is 0.118 e. The van der Waals surface area contributed by atoms with Crippen molar-refractivity contribution >= 4 is 11.6 Å². The molecule has 1 unspecified atom stereocenters. The lowest BCUT2D eigenvalue weighted by Crippen LogP contribution is -2.34. The first kappa shape index (κ1) is 14.9. The fourth-order valence-electron chi connectivity index (χ4n) is 2.35. The molecule has 3 heteroatoms. The molecule has 0 aliphatic rings. The maximum atomic E-state index is 6.26. The van der Waals surface area contributed by atoms with Crippen molar-refractivity contribution in [3.63, 3.8) is 0 Å².